The third kappa shape index (κ3) is 4.71. The van der Waals surface area contributed by atoms with Crippen LogP contribution in [0.2, 0.25) is 0 Å². The number of nitrogens with one attached hydrogen (secondary N) is 2. The smallest absolute Gasteiger partial charge is 0.319 e. The molecule has 0 bridgehead atoms. The van der Waals surface area contributed by atoms with Crippen LogP contribution < -0.4 is 15.5 Å². The SMILES string of the molecule is CCCCNC(=O)Nc1cccc2c1CCCN2C(=O)CCOC. The molecule has 0 spiro atoms. The lowest BCUT2D eigenvalue weighted by atomic mass is 9.99. The van der Waals surface area contributed by atoms with Gasteiger partial charge in [0.05, 0.1) is 13.0 Å². The lowest BCUT2D eigenvalue weighted by Crippen LogP contribution is -2.36. The predicted octanol–water partition coefficient (Wildman–Crippen LogP) is 2.92. The molecule has 1 aromatic carbocycles. The Morgan fingerprint density at radius 2 is 2.17 bits per heavy atom. The molecule has 1 aliphatic heterocycles. The van der Waals surface area contributed by atoms with Gasteiger partial charge in [-0.3, -0.25) is 4.79 Å². The van der Waals surface area contributed by atoms with E-state index in [1.165, 1.54) is 0 Å². The number of unbranched alkanes of at least 4 members (excludes halogenated alkanes) is 1. The molecule has 6 heteroatoms. The molecule has 0 aromatic heterocycles. The van der Waals surface area contributed by atoms with E-state index in [4.69, 9.17) is 4.74 Å². The number of urea groups is 1. The number of carbonyl (C=O) groups excluding carboxylic acids is 2. The largest absolute Gasteiger partial charge is 0.384 e. The number of rotatable bonds is 7. The standard InChI is InChI=1S/C18H27N3O3/c1-3-4-11-19-18(23)20-15-8-5-9-16-14(15)7-6-12-21(16)17(22)10-13-24-2/h5,8-9H,3-4,6-7,10-13H2,1-2H3,(H2,19,20,23). The summed E-state index contributed by atoms with van der Waals surface area (Å²) in [4.78, 5) is 26.2. The molecule has 132 valence electrons. The van der Waals surface area contributed by atoms with Crippen molar-refractivity contribution in [1.82, 2.24) is 5.32 Å². The molecule has 0 saturated heterocycles. The molecule has 6 nitrogen and oxygen atoms in total. The minimum Gasteiger partial charge on any atom is -0.384 e. The summed E-state index contributed by atoms with van der Waals surface area (Å²) >= 11 is 0. The Morgan fingerprint density at radius 3 is 2.92 bits per heavy atom. The van der Waals surface area contributed by atoms with Gasteiger partial charge in [0.2, 0.25) is 5.91 Å². The highest BCUT2D eigenvalue weighted by molar-refractivity contribution is 5.97. The molecule has 1 aliphatic rings. The first-order valence-electron chi connectivity index (χ1n) is 8.63. The minimum atomic E-state index is -0.195. The van der Waals surface area contributed by atoms with Crippen molar-refractivity contribution in [2.24, 2.45) is 0 Å². The Balaban J connectivity index is 2.10. The Bertz CT molecular complexity index is 575. The van der Waals surface area contributed by atoms with Crippen LogP contribution >= 0.6 is 0 Å². The van der Waals surface area contributed by atoms with Gasteiger partial charge in [0.15, 0.2) is 0 Å². The third-order valence-electron chi connectivity index (χ3n) is 4.14. The van der Waals surface area contributed by atoms with Crippen LogP contribution in [0.25, 0.3) is 0 Å². The summed E-state index contributed by atoms with van der Waals surface area (Å²) in [7, 11) is 1.59. The number of amides is 3. The van der Waals surface area contributed by atoms with E-state index in [9.17, 15) is 9.59 Å². The number of nitrogens with zero attached hydrogens (tertiary/aromatic N) is 1. The van der Waals surface area contributed by atoms with Crippen LogP contribution in [-0.2, 0) is 16.0 Å². The number of hydrogen-bond donors (Lipinski definition) is 2. The van der Waals surface area contributed by atoms with Gasteiger partial charge in [-0.1, -0.05) is 19.4 Å². The van der Waals surface area contributed by atoms with Crippen molar-refractivity contribution in [3.63, 3.8) is 0 Å². The minimum absolute atomic E-state index is 0.0577. The highest BCUT2D eigenvalue weighted by Crippen LogP contribution is 2.33. The van der Waals surface area contributed by atoms with Crippen molar-refractivity contribution in [2.75, 3.05) is 37.0 Å². The number of methoxy groups -OCH3 is 1. The summed E-state index contributed by atoms with van der Waals surface area (Å²) in [5, 5.41) is 5.77. The molecule has 0 aliphatic carbocycles. The fraction of sp³-hybridized carbons (Fsp3) is 0.556. The van der Waals surface area contributed by atoms with Crippen LogP contribution in [0, 0.1) is 0 Å². The molecule has 0 radical (unpaired) electrons. The van der Waals surface area contributed by atoms with Crippen molar-refractivity contribution in [1.29, 1.82) is 0 Å². The van der Waals surface area contributed by atoms with Gasteiger partial charge in [0, 0.05) is 31.6 Å². The second-order valence-corrected chi connectivity index (χ2v) is 5.93. The average Bonchev–Trinajstić information content (AvgIpc) is 2.59. The summed E-state index contributed by atoms with van der Waals surface area (Å²) in [6.07, 6.45) is 4.11. The summed E-state index contributed by atoms with van der Waals surface area (Å²) in [5.41, 5.74) is 2.71. The van der Waals surface area contributed by atoms with Crippen molar-refractivity contribution in [2.45, 2.75) is 39.0 Å². The van der Waals surface area contributed by atoms with Crippen LogP contribution in [-0.4, -0.2) is 38.7 Å². The van der Waals surface area contributed by atoms with Crippen molar-refractivity contribution in [3.05, 3.63) is 23.8 Å². The maximum atomic E-state index is 12.4. The first-order valence-corrected chi connectivity index (χ1v) is 8.63. The number of fused-ring (bicyclic) bond motifs is 1. The molecule has 0 fully saturated rings. The Morgan fingerprint density at radius 1 is 1.33 bits per heavy atom. The van der Waals surface area contributed by atoms with Crippen LogP contribution in [0.3, 0.4) is 0 Å². The zero-order valence-corrected chi connectivity index (χ0v) is 14.6. The third-order valence-corrected chi connectivity index (χ3v) is 4.14. The molecule has 2 rings (SSSR count). The van der Waals surface area contributed by atoms with E-state index < -0.39 is 0 Å². The van der Waals surface area contributed by atoms with Crippen LogP contribution in [0.5, 0.6) is 0 Å². The molecule has 2 N–H and O–H groups in total. The van der Waals surface area contributed by atoms with Gasteiger partial charge in [-0.15, -0.1) is 0 Å². The van der Waals surface area contributed by atoms with Crippen LogP contribution in [0.1, 0.15) is 38.2 Å². The molecule has 1 aromatic rings. The van der Waals surface area contributed by atoms with E-state index >= 15 is 0 Å². The molecule has 0 saturated carbocycles. The molecular weight excluding hydrogens is 306 g/mol. The Kier molecular flexibility index (Phi) is 7.06. The van der Waals surface area contributed by atoms with Crippen molar-refractivity contribution < 1.29 is 14.3 Å². The van der Waals surface area contributed by atoms with Gasteiger partial charge < -0.3 is 20.3 Å². The highest BCUT2D eigenvalue weighted by atomic mass is 16.5. The summed E-state index contributed by atoms with van der Waals surface area (Å²) < 4.78 is 5.00. The number of anilines is 2. The van der Waals surface area contributed by atoms with Crippen LogP contribution in [0.15, 0.2) is 18.2 Å². The molecular formula is C18H27N3O3. The average molecular weight is 333 g/mol. The fourth-order valence-corrected chi connectivity index (χ4v) is 2.87. The molecule has 1 heterocycles. The highest BCUT2D eigenvalue weighted by Gasteiger charge is 2.24. The van der Waals surface area contributed by atoms with Gasteiger partial charge in [0.1, 0.15) is 0 Å². The maximum Gasteiger partial charge on any atom is 0.319 e. The quantitative estimate of drug-likeness (QED) is 0.754. The van der Waals surface area contributed by atoms with E-state index in [0.29, 0.717) is 26.1 Å². The first-order chi connectivity index (χ1) is 11.7. The second kappa shape index (κ2) is 9.27. The lowest BCUT2D eigenvalue weighted by Gasteiger charge is -2.31. The summed E-state index contributed by atoms with van der Waals surface area (Å²) in [5.74, 6) is 0.0577. The number of carbonyl (C=O) groups is 2. The molecule has 0 atom stereocenters. The molecule has 3 amide bonds. The van der Waals surface area contributed by atoms with Crippen LogP contribution in [0.4, 0.5) is 16.2 Å². The second-order valence-electron chi connectivity index (χ2n) is 5.93. The van der Waals surface area contributed by atoms with Crippen molar-refractivity contribution in [3.8, 4) is 0 Å². The fourth-order valence-electron chi connectivity index (χ4n) is 2.87. The molecule has 0 unspecified atom stereocenters. The molecule has 24 heavy (non-hydrogen) atoms. The summed E-state index contributed by atoms with van der Waals surface area (Å²) in [6.45, 7) is 3.88. The number of benzene rings is 1. The number of hydrogen-bond acceptors (Lipinski definition) is 3. The van der Waals surface area contributed by atoms with Gasteiger partial charge >= 0.3 is 6.03 Å². The predicted molar refractivity (Wildman–Crippen MR) is 95.5 cm³/mol. The van der Waals surface area contributed by atoms with Gasteiger partial charge in [-0.25, -0.2) is 4.79 Å². The van der Waals surface area contributed by atoms with Gasteiger partial charge in [0.25, 0.3) is 0 Å². The summed E-state index contributed by atoms with van der Waals surface area (Å²) in [6, 6.07) is 5.52. The zero-order valence-electron chi connectivity index (χ0n) is 14.6. The lowest BCUT2D eigenvalue weighted by molar-refractivity contribution is -0.119. The topological polar surface area (TPSA) is 70.7 Å². The zero-order chi connectivity index (χ0) is 17.4. The normalized spacial score (nSPS) is 13.3. The Hall–Kier alpha value is -2.08. The van der Waals surface area contributed by atoms with E-state index in [1.807, 2.05) is 18.2 Å². The maximum absolute atomic E-state index is 12.4. The van der Waals surface area contributed by atoms with E-state index in [0.717, 1.165) is 42.6 Å². The van der Waals surface area contributed by atoms with Gasteiger partial charge in [-0.05, 0) is 37.0 Å². The van der Waals surface area contributed by atoms with E-state index in [-0.39, 0.29) is 11.9 Å². The van der Waals surface area contributed by atoms with E-state index in [1.54, 1.807) is 12.0 Å². The Labute approximate surface area is 143 Å². The van der Waals surface area contributed by atoms with Crippen molar-refractivity contribution >= 4 is 23.3 Å². The van der Waals surface area contributed by atoms with E-state index in [2.05, 4.69) is 17.6 Å². The number of ether oxygens (including phenoxy) is 1. The van der Waals surface area contributed by atoms with Gasteiger partial charge in [-0.2, -0.15) is 0 Å². The monoisotopic (exact) mass is 333 g/mol. The first kappa shape index (κ1) is 18.3.